The van der Waals surface area contributed by atoms with Crippen molar-refractivity contribution >= 4 is 13.3 Å². The van der Waals surface area contributed by atoms with Gasteiger partial charge in [0.15, 0.2) is 0 Å². The molecule has 0 aliphatic carbocycles. The largest absolute Gasteiger partial charge is 0.377 e. The van der Waals surface area contributed by atoms with E-state index in [2.05, 4.69) is 55.7 Å². The van der Waals surface area contributed by atoms with Crippen LogP contribution < -0.4 is 5.19 Å². The Balaban J connectivity index is 1.93. The van der Waals surface area contributed by atoms with Crippen LogP contribution in [0.1, 0.15) is 25.3 Å². The molecule has 0 saturated carbocycles. The second kappa shape index (κ2) is 6.88. The van der Waals surface area contributed by atoms with Crippen LogP contribution in [-0.4, -0.2) is 38.8 Å². The zero-order chi connectivity index (χ0) is 14.6. The SMILES string of the molecule is CCN(Cc1ccc([Si](C)(C)C)cc1)CC1CCCO1. The summed E-state index contributed by atoms with van der Waals surface area (Å²) in [6.07, 6.45) is 2.91. The fraction of sp³-hybridized carbons (Fsp3) is 0.647. The molecule has 3 heteroatoms. The van der Waals surface area contributed by atoms with Gasteiger partial charge in [-0.2, -0.15) is 0 Å². The Labute approximate surface area is 125 Å². The molecule has 2 nitrogen and oxygen atoms in total. The van der Waals surface area contributed by atoms with Crippen LogP contribution in [0, 0.1) is 0 Å². The molecule has 1 saturated heterocycles. The van der Waals surface area contributed by atoms with Gasteiger partial charge in [-0.3, -0.25) is 4.90 Å². The Morgan fingerprint density at radius 3 is 2.40 bits per heavy atom. The number of rotatable bonds is 6. The third kappa shape index (κ3) is 4.44. The zero-order valence-electron chi connectivity index (χ0n) is 13.5. The topological polar surface area (TPSA) is 12.5 Å². The van der Waals surface area contributed by atoms with E-state index in [9.17, 15) is 0 Å². The highest BCUT2D eigenvalue weighted by molar-refractivity contribution is 6.88. The van der Waals surface area contributed by atoms with E-state index in [-0.39, 0.29) is 0 Å². The number of ether oxygens (including phenoxy) is 1. The van der Waals surface area contributed by atoms with Gasteiger partial charge in [-0.1, -0.05) is 56.0 Å². The summed E-state index contributed by atoms with van der Waals surface area (Å²) in [6, 6.07) is 9.29. The maximum Gasteiger partial charge on any atom is 0.0775 e. The molecule has 1 aromatic rings. The Morgan fingerprint density at radius 2 is 1.90 bits per heavy atom. The number of benzene rings is 1. The van der Waals surface area contributed by atoms with Gasteiger partial charge in [0.2, 0.25) is 0 Å². The van der Waals surface area contributed by atoms with Crippen molar-refractivity contribution in [2.75, 3.05) is 19.7 Å². The van der Waals surface area contributed by atoms with Crippen LogP contribution in [0.2, 0.25) is 19.6 Å². The number of hydrogen-bond acceptors (Lipinski definition) is 2. The molecule has 1 unspecified atom stereocenters. The van der Waals surface area contributed by atoms with Crippen molar-refractivity contribution in [2.24, 2.45) is 0 Å². The van der Waals surface area contributed by atoms with Crippen molar-refractivity contribution in [1.82, 2.24) is 4.90 Å². The first-order valence-corrected chi connectivity index (χ1v) is 11.4. The van der Waals surface area contributed by atoms with Crippen LogP contribution >= 0.6 is 0 Å². The maximum atomic E-state index is 5.75. The second-order valence-corrected chi connectivity index (χ2v) is 12.0. The molecule has 0 spiro atoms. The van der Waals surface area contributed by atoms with Crippen molar-refractivity contribution < 1.29 is 4.74 Å². The number of likely N-dealkylation sites (N-methyl/N-ethyl adjacent to an activating group) is 1. The number of nitrogens with zero attached hydrogens (tertiary/aromatic N) is 1. The molecule has 20 heavy (non-hydrogen) atoms. The maximum absolute atomic E-state index is 5.75. The van der Waals surface area contributed by atoms with Crippen molar-refractivity contribution in [3.8, 4) is 0 Å². The van der Waals surface area contributed by atoms with Crippen LogP contribution in [0.5, 0.6) is 0 Å². The van der Waals surface area contributed by atoms with Gasteiger partial charge in [0.25, 0.3) is 0 Å². The lowest BCUT2D eigenvalue weighted by atomic mass is 10.2. The average Bonchev–Trinajstić information content (AvgIpc) is 2.90. The molecule has 112 valence electrons. The van der Waals surface area contributed by atoms with Crippen LogP contribution in [0.25, 0.3) is 0 Å². The molecule has 0 bridgehead atoms. The summed E-state index contributed by atoms with van der Waals surface area (Å²) >= 11 is 0. The quantitative estimate of drug-likeness (QED) is 0.746. The average molecular weight is 292 g/mol. The van der Waals surface area contributed by atoms with Gasteiger partial charge in [0.05, 0.1) is 14.2 Å². The Hall–Kier alpha value is -0.643. The highest BCUT2D eigenvalue weighted by Crippen LogP contribution is 2.15. The first-order valence-electron chi connectivity index (χ1n) is 7.92. The van der Waals surface area contributed by atoms with E-state index < -0.39 is 8.07 Å². The van der Waals surface area contributed by atoms with E-state index in [0.29, 0.717) is 6.10 Å². The standard InChI is InChI=1S/C17H29NOSi/c1-5-18(14-16-7-6-12-19-16)13-15-8-10-17(11-9-15)20(2,3)4/h8-11,16H,5-7,12-14H2,1-4H3. The molecule has 1 atom stereocenters. The molecule has 1 aromatic carbocycles. The third-order valence-electron chi connectivity index (χ3n) is 4.16. The normalized spacial score (nSPS) is 19.8. The van der Waals surface area contributed by atoms with Crippen LogP contribution in [-0.2, 0) is 11.3 Å². The monoisotopic (exact) mass is 291 g/mol. The van der Waals surface area contributed by atoms with Gasteiger partial charge in [0, 0.05) is 19.7 Å². The fourth-order valence-electron chi connectivity index (χ4n) is 2.75. The first-order chi connectivity index (χ1) is 9.49. The van der Waals surface area contributed by atoms with Crippen LogP contribution in [0.15, 0.2) is 24.3 Å². The van der Waals surface area contributed by atoms with E-state index >= 15 is 0 Å². The lowest BCUT2D eigenvalue weighted by Crippen LogP contribution is -2.37. The van der Waals surface area contributed by atoms with Crippen LogP contribution in [0.4, 0.5) is 0 Å². The van der Waals surface area contributed by atoms with E-state index in [1.54, 1.807) is 5.19 Å². The molecule has 1 aliphatic rings. The van der Waals surface area contributed by atoms with Crippen LogP contribution in [0.3, 0.4) is 0 Å². The zero-order valence-corrected chi connectivity index (χ0v) is 14.5. The summed E-state index contributed by atoms with van der Waals surface area (Å²) < 4.78 is 5.75. The fourth-order valence-corrected chi connectivity index (χ4v) is 3.92. The minimum Gasteiger partial charge on any atom is -0.377 e. The summed E-state index contributed by atoms with van der Waals surface area (Å²) in [5, 5.41) is 1.54. The molecule has 1 fully saturated rings. The molecular formula is C17H29NOSi. The van der Waals surface area contributed by atoms with Gasteiger partial charge < -0.3 is 4.74 Å². The Kier molecular flexibility index (Phi) is 5.41. The highest BCUT2D eigenvalue weighted by Gasteiger charge is 2.19. The first kappa shape index (κ1) is 15.7. The highest BCUT2D eigenvalue weighted by atomic mass is 28.3. The summed E-state index contributed by atoms with van der Waals surface area (Å²) in [7, 11) is -1.17. The van der Waals surface area contributed by atoms with Gasteiger partial charge >= 0.3 is 0 Å². The lowest BCUT2D eigenvalue weighted by Gasteiger charge is -2.24. The summed E-state index contributed by atoms with van der Waals surface area (Å²) in [5.74, 6) is 0. The summed E-state index contributed by atoms with van der Waals surface area (Å²) in [4.78, 5) is 2.50. The van der Waals surface area contributed by atoms with Gasteiger partial charge in [0.1, 0.15) is 0 Å². The van der Waals surface area contributed by atoms with Crippen molar-refractivity contribution in [2.45, 2.75) is 52.1 Å². The minimum atomic E-state index is -1.17. The molecule has 0 radical (unpaired) electrons. The number of hydrogen-bond donors (Lipinski definition) is 0. The third-order valence-corrected chi connectivity index (χ3v) is 6.22. The van der Waals surface area contributed by atoms with E-state index in [1.165, 1.54) is 18.4 Å². The van der Waals surface area contributed by atoms with E-state index in [4.69, 9.17) is 4.74 Å². The smallest absolute Gasteiger partial charge is 0.0775 e. The molecule has 0 N–H and O–H groups in total. The van der Waals surface area contributed by atoms with E-state index in [1.807, 2.05) is 0 Å². The van der Waals surface area contributed by atoms with Crippen molar-refractivity contribution in [3.05, 3.63) is 29.8 Å². The molecular weight excluding hydrogens is 262 g/mol. The van der Waals surface area contributed by atoms with Gasteiger partial charge in [-0.05, 0) is 24.9 Å². The molecule has 1 heterocycles. The second-order valence-electron chi connectivity index (χ2n) is 6.91. The minimum absolute atomic E-state index is 0.455. The molecule has 0 aromatic heterocycles. The lowest BCUT2D eigenvalue weighted by molar-refractivity contribution is 0.0725. The van der Waals surface area contributed by atoms with Crippen molar-refractivity contribution in [1.29, 1.82) is 0 Å². The predicted molar refractivity (Wildman–Crippen MR) is 89.3 cm³/mol. The molecule has 2 rings (SSSR count). The van der Waals surface area contributed by atoms with Gasteiger partial charge in [-0.25, -0.2) is 0 Å². The Morgan fingerprint density at radius 1 is 1.20 bits per heavy atom. The molecule has 1 aliphatic heterocycles. The van der Waals surface area contributed by atoms with Crippen molar-refractivity contribution in [3.63, 3.8) is 0 Å². The predicted octanol–water partition coefficient (Wildman–Crippen LogP) is 3.23. The van der Waals surface area contributed by atoms with E-state index in [0.717, 1.165) is 26.2 Å². The summed E-state index contributed by atoms with van der Waals surface area (Å²) in [6.45, 7) is 13.6. The molecule has 0 amide bonds. The Bertz CT molecular complexity index is 404. The summed E-state index contributed by atoms with van der Waals surface area (Å²) in [5.41, 5.74) is 1.42. The van der Waals surface area contributed by atoms with Gasteiger partial charge in [-0.15, -0.1) is 0 Å².